The molecule has 1 N–H and O–H groups in total. The Bertz CT molecular complexity index is 591. The number of rotatable bonds is 2. The predicted molar refractivity (Wildman–Crippen MR) is 69.5 cm³/mol. The van der Waals surface area contributed by atoms with E-state index in [0.717, 1.165) is 6.07 Å². The number of hydrogen-bond acceptors (Lipinski definition) is 3. The van der Waals surface area contributed by atoms with E-state index in [1.807, 2.05) is 0 Å². The fraction of sp³-hybridized carbons (Fsp3) is 0. The van der Waals surface area contributed by atoms with Crippen LogP contribution in [0.25, 0.3) is 0 Å². The summed E-state index contributed by atoms with van der Waals surface area (Å²) < 4.78 is 13.6. The van der Waals surface area contributed by atoms with Crippen molar-refractivity contribution in [2.45, 2.75) is 0 Å². The topological polar surface area (TPSA) is 54.9 Å². The predicted octanol–water partition coefficient (Wildman–Crippen LogP) is 1.42. The number of amides is 1. The SMILES string of the molecule is [B]c1ccc(NC(=O)c2ccc(Br)c(F)c2)nn1. The van der Waals surface area contributed by atoms with E-state index in [0.29, 0.717) is 4.47 Å². The maximum Gasteiger partial charge on any atom is 0.256 e. The van der Waals surface area contributed by atoms with Crippen molar-refractivity contribution in [2.75, 3.05) is 5.32 Å². The molecule has 88 valence electrons. The van der Waals surface area contributed by atoms with Crippen LogP contribution in [0.15, 0.2) is 34.8 Å². The zero-order valence-corrected chi connectivity index (χ0v) is 10.6. The maximum atomic E-state index is 13.3. The van der Waals surface area contributed by atoms with Crippen molar-refractivity contribution >= 4 is 41.1 Å². The number of hydrogen-bond donors (Lipinski definition) is 1. The van der Waals surface area contributed by atoms with Crippen molar-refractivity contribution in [3.63, 3.8) is 0 Å². The van der Waals surface area contributed by atoms with Gasteiger partial charge in [0.2, 0.25) is 0 Å². The maximum absolute atomic E-state index is 13.3. The second kappa shape index (κ2) is 5.26. The summed E-state index contributed by atoms with van der Waals surface area (Å²) in [6.07, 6.45) is 0. The molecule has 1 aromatic carbocycles. The average molecular weight is 306 g/mol. The number of nitrogens with one attached hydrogen (secondary N) is 1. The Kier molecular flexibility index (Phi) is 3.71. The zero-order valence-electron chi connectivity index (χ0n) is 9.02. The van der Waals surface area contributed by atoms with Crippen molar-refractivity contribution in [1.82, 2.24) is 10.2 Å². The Morgan fingerprint density at radius 1 is 1.28 bits per heavy atom. The molecule has 7 heteroatoms. The van der Waals surface area contributed by atoms with Crippen molar-refractivity contribution in [1.29, 1.82) is 0 Å². The monoisotopic (exact) mass is 305 g/mol. The fourth-order valence-corrected chi connectivity index (χ4v) is 1.48. The molecule has 0 atom stereocenters. The molecule has 2 aromatic rings. The quantitative estimate of drug-likeness (QED) is 0.854. The van der Waals surface area contributed by atoms with Gasteiger partial charge in [0.15, 0.2) is 5.82 Å². The molecule has 0 saturated carbocycles. The molecule has 2 rings (SSSR count). The van der Waals surface area contributed by atoms with Crippen LogP contribution in [0.5, 0.6) is 0 Å². The Morgan fingerprint density at radius 3 is 2.67 bits per heavy atom. The highest BCUT2D eigenvalue weighted by Crippen LogP contribution is 2.16. The minimum absolute atomic E-state index is 0.189. The summed E-state index contributed by atoms with van der Waals surface area (Å²) in [7, 11) is 5.36. The van der Waals surface area contributed by atoms with Gasteiger partial charge in [-0.3, -0.25) is 4.79 Å². The van der Waals surface area contributed by atoms with Gasteiger partial charge < -0.3 is 5.32 Å². The van der Waals surface area contributed by atoms with Crippen LogP contribution < -0.4 is 10.9 Å². The van der Waals surface area contributed by atoms with E-state index in [1.54, 1.807) is 0 Å². The third-order valence-corrected chi connectivity index (χ3v) is 2.75. The van der Waals surface area contributed by atoms with Crippen LogP contribution in [0.4, 0.5) is 10.2 Å². The molecule has 0 fully saturated rings. The highest BCUT2D eigenvalue weighted by Gasteiger charge is 2.09. The standard InChI is InChI=1S/C11H6BBrFN3O/c12-9-3-4-10(17-16-9)15-11(18)6-1-2-7(13)8(14)5-6/h1-5H,(H,15,17,18). The lowest BCUT2D eigenvalue weighted by Crippen LogP contribution is -2.16. The normalized spacial score (nSPS) is 10.1. The summed E-state index contributed by atoms with van der Waals surface area (Å²) >= 11 is 3.01. The molecule has 0 unspecified atom stereocenters. The number of carbonyl (C=O) groups is 1. The van der Waals surface area contributed by atoms with Crippen molar-refractivity contribution in [2.24, 2.45) is 0 Å². The van der Waals surface area contributed by atoms with Gasteiger partial charge in [-0.15, -0.1) is 5.10 Å². The van der Waals surface area contributed by atoms with Crippen LogP contribution in [-0.4, -0.2) is 24.0 Å². The van der Waals surface area contributed by atoms with E-state index in [9.17, 15) is 9.18 Å². The average Bonchev–Trinajstić information content (AvgIpc) is 2.35. The number of halogens is 2. The summed E-state index contributed by atoms with van der Waals surface area (Å²) in [6, 6.07) is 7.09. The van der Waals surface area contributed by atoms with Gasteiger partial charge in [-0.1, -0.05) is 0 Å². The first-order valence-corrected chi connectivity index (χ1v) is 5.71. The Hall–Kier alpha value is -1.76. The molecule has 1 amide bonds. The fourth-order valence-electron chi connectivity index (χ4n) is 1.24. The van der Waals surface area contributed by atoms with E-state index in [4.69, 9.17) is 7.85 Å². The Morgan fingerprint density at radius 2 is 2.06 bits per heavy atom. The highest BCUT2D eigenvalue weighted by molar-refractivity contribution is 9.10. The number of nitrogens with zero attached hydrogens (tertiary/aromatic N) is 2. The smallest absolute Gasteiger partial charge is 0.256 e. The first kappa shape index (κ1) is 12.7. The van der Waals surface area contributed by atoms with Crippen molar-refractivity contribution < 1.29 is 9.18 Å². The van der Waals surface area contributed by atoms with E-state index < -0.39 is 11.7 Å². The van der Waals surface area contributed by atoms with Crippen LogP contribution >= 0.6 is 15.9 Å². The minimum atomic E-state index is -0.508. The summed E-state index contributed by atoms with van der Waals surface area (Å²) in [5.41, 5.74) is 0.442. The third-order valence-electron chi connectivity index (χ3n) is 2.11. The lowest BCUT2D eigenvalue weighted by atomic mass is 10.1. The molecule has 0 spiro atoms. The Labute approximate surface area is 112 Å². The first-order valence-electron chi connectivity index (χ1n) is 4.92. The summed E-state index contributed by atoms with van der Waals surface area (Å²) in [5.74, 6) is -0.732. The van der Waals surface area contributed by atoms with Gasteiger partial charge in [-0.05, 0) is 46.3 Å². The zero-order chi connectivity index (χ0) is 13.1. The van der Waals surface area contributed by atoms with Crippen LogP contribution in [-0.2, 0) is 0 Å². The van der Waals surface area contributed by atoms with Gasteiger partial charge in [0, 0.05) is 11.2 Å². The summed E-state index contributed by atoms with van der Waals surface area (Å²) in [4.78, 5) is 11.8. The molecule has 1 heterocycles. The summed E-state index contributed by atoms with van der Waals surface area (Å²) in [6.45, 7) is 0. The van der Waals surface area contributed by atoms with E-state index in [-0.39, 0.29) is 17.0 Å². The number of carbonyl (C=O) groups excluding carboxylic acids is 1. The van der Waals surface area contributed by atoms with Gasteiger partial charge in [0.25, 0.3) is 5.91 Å². The molecule has 18 heavy (non-hydrogen) atoms. The van der Waals surface area contributed by atoms with Crippen molar-refractivity contribution in [3.8, 4) is 0 Å². The minimum Gasteiger partial charge on any atom is -0.305 e. The van der Waals surface area contributed by atoms with Gasteiger partial charge in [-0.25, -0.2) is 4.39 Å². The number of anilines is 1. The number of benzene rings is 1. The second-order valence-corrected chi connectivity index (χ2v) is 4.28. The van der Waals surface area contributed by atoms with Crippen LogP contribution in [0.2, 0.25) is 0 Å². The molecular formula is C11H6BBrFN3O. The molecule has 0 aliphatic rings. The lowest BCUT2D eigenvalue weighted by molar-refractivity contribution is 0.102. The number of aromatic nitrogens is 2. The molecule has 4 nitrogen and oxygen atoms in total. The van der Waals surface area contributed by atoms with Crippen molar-refractivity contribution in [3.05, 3.63) is 46.2 Å². The third kappa shape index (κ3) is 2.92. The van der Waals surface area contributed by atoms with E-state index >= 15 is 0 Å². The van der Waals surface area contributed by atoms with Gasteiger partial charge >= 0.3 is 0 Å². The van der Waals surface area contributed by atoms with E-state index in [1.165, 1.54) is 24.3 Å². The van der Waals surface area contributed by atoms with E-state index in [2.05, 4.69) is 31.4 Å². The van der Waals surface area contributed by atoms with Crippen LogP contribution in [0.3, 0.4) is 0 Å². The lowest BCUT2D eigenvalue weighted by Gasteiger charge is -2.04. The highest BCUT2D eigenvalue weighted by atomic mass is 79.9. The first-order chi connectivity index (χ1) is 8.56. The molecule has 0 saturated heterocycles. The van der Waals surface area contributed by atoms with Gasteiger partial charge in [0.1, 0.15) is 13.7 Å². The molecule has 0 aliphatic heterocycles. The second-order valence-electron chi connectivity index (χ2n) is 3.43. The molecule has 2 radical (unpaired) electrons. The Balaban J connectivity index is 2.16. The molecule has 1 aromatic heterocycles. The van der Waals surface area contributed by atoms with Crippen LogP contribution in [0, 0.1) is 5.82 Å². The largest absolute Gasteiger partial charge is 0.305 e. The van der Waals surface area contributed by atoms with Gasteiger partial charge in [-0.2, -0.15) is 5.10 Å². The summed E-state index contributed by atoms with van der Waals surface area (Å²) in [5, 5.41) is 9.74. The molecular weight excluding hydrogens is 300 g/mol. The van der Waals surface area contributed by atoms with Crippen LogP contribution in [0.1, 0.15) is 10.4 Å². The molecule has 0 aliphatic carbocycles. The molecule has 0 bridgehead atoms. The van der Waals surface area contributed by atoms with Gasteiger partial charge in [0.05, 0.1) is 4.47 Å².